The minimum atomic E-state index is -1.09. The van der Waals surface area contributed by atoms with Gasteiger partial charge in [-0.15, -0.1) is 0 Å². The van der Waals surface area contributed by atoms with Crippen LogP contribution in [0.4, 0.5) is 4.39 Å². The molecule has 1 fully saturated rings. The Bertz CT molecular complexity index is 488. The van der Waals surface area contributed by atoms with E-state index in [1.165, 1.54) is 12.1 Å². The van der Waals surface area contributed by atoms with Crippen LogP contribution < -0.4 is 5.73 Å². The summed E-state index contributed by atoms with van der Waals surface area (Å²) in [7, 11) is 0. The number of carbonyl (C=O) groups is 1. The van der Waals surface area contributed by atoms with Crippen molar-refractivity contribution in [3.63, 3.8) is 0 Å². The molecule has 0 radical (unpaired) electrons. The van der Waals surface area contributed by atoms with E-state index in [0.717, 1.165) is 12.8 Å². The highest BCUT2D eigenvalue weighted by Gasteiger charge is 2.50. The summed E-state index contributed by atoms with van der Waals surface area (Å²) in [6.07, 6.45) is 1.76. The fraction of sp³-hybridized carbons (Fsp3) is 0.462. The molecule has 0 aromatic heterocycles. The zero-order chi connectivity index (χ0) is 13.5. The maximum Gasteiger partial charge on any atom is 0.321 e. The Balaban J connectivity index is 2.47. The van der Waals surface area contributed by atoms with Gasteiger partial charge in [0.25, 0.3) is 0 Å². The molecule has 1 aromatic rings. The van der Waals surface area contributed by atoms with E-state index in [4.69, 9.17) is 22.4 Å². The first-order chi connectivity index (χ1) is 8.37. The summed E-state index contributed by atoms with van der Waals surface area (Å²) in [6, 6.07) is 3.37. The van der Waals surface area contributed by atoms with Gasteiger partial charge in [-0.05, 0) is 29.9 Å². The predicted molar refractivity (Wildman–Crippen MR) is 67.1 cm³/mol. The molecule has 0 aliphatic heterocycles. The number of carboxylic acids is 1. The number of nitrogens with two attached hydrogens (primary N) is 1. The molecule has 5 heteroatoms. The third kappa shape index (κ3) is 2.22. The van der Waals surface area contributed by atoms with E-state index < -0.39 is 23.7 Å². The highest BCUT2D eigenvalue weighted by Crippen LogP contribution is 2.57. The summed E-state index contributed by atoms with van der Waals surface area (Å²) in [6.45, 7) is 1.96. The first kappa shape index (κ1) is 13.3. The first-order valence-electron chi connectivity index (χ1n) is 5.79. The Kier molecular flexibility index (Phi) is 3.34. The topological polar surface area (TPSA) is 63.3 Å². The van der Waals surface area contributed by atoms with E-state index in [9.17, 15) is 9.18 Å². The van der Waals surface area contributed by atoms with Gasteiger partial charge >= 0.3 is 5.97 Å². The average molecular weight is 272 g/mol. The van der Waals surface area contributed by atoms with Crippen molar-refractivity contribution < 1.29 is 14.3 Å². The summed E-state index contributed by atoms with van der Waals surface area (Å²) in [5, 5.41) is 9.08. The molecule has 0 spiro atoms. The largest absolute Gasteiger partial charge is 0.480 e. The van der Waals surface area contributed by atoms with Gasteiger partial charge in [-0.25, -0.2) is 4.39 Å². The van der Waals surface area contributed by atoms with Crippen LogP contribution in [0.5, 0.6) is 0 Å². The normalized spacial score (nSPS) is 20.2. The molecule has 2 rings (SSSR count). The maximum atomic E-state index is 13.5. The van der Waals surface area contributed by atoms with Crippen LogP contribution in [0.1, 0.15) is 31.2 Å². The molecule has 18 heavy (non-hydrogen) atoms. The molecule has 0 amide bonds. The van der Waals surface area contributed by atoms with Gasteiger partial charge < -0.3 is 10.8 Å². The number of benzene rings is 1. The number of aliphatic carboxylic acids is 1. The lowest BCUT2D eigenvalue weighted by Gasteiger charge is -2.28. The summed E-state index contributed by atoms with van der Waals surface area (Å²) >= 11 is 5.95. The van der Waals surface area contributed by atoms with E-state index in [0.29, 0.717) is 5.56 Å². The standard InChI is InChI=1S/C13H15ClFNO2/c1-13(5-6-13)9(11(16)12(17)18)7-3-2-4-8(15)10(7)14/h2-4,9,11H,5-6,16H2,1H3,(H,17,18)/t9-,11-/m0/s1. The van der Waals surface area contributed by atoms with E-state index >= 15 is 0 Å². The number of halogens is 2. The number of rotatable bonds is 4. The molecule has 1 aliphatic carbocycles. The number of hydrogen-bond acceptors (Lipinski definition) is 2. The fourth-order valence-corrected chi connectivity index (χ4v) is 2.66. The Labute approximate surface area is 110 Å². The molecular weight excluding hydrogens is 257 g/mol. The molecule has 0 heterocycles. The lowest BCUT2D eigenvalue weighted by molar-refractivity contribution is -0.139. The Morgan fingerprint density at radius 3 is 2.67 bits per heavy atom. The van der Waals surface area contributed by atoms with Crippen LogP contribution in [-0.2, 0) is 4.79 Å². The molecule has 3 nitrogen and oxygen atoms in total. The molecule has 1 saturated carbocycles. The van der Waals surface area contributed by atoms with Crippen molar-refractivity contribution in [3.8, 4) is 0 Å². The summed E-state index contributed by atoms with van der Waals surface area (Å²) < 4.78 is 13.5. The van der Waals surface area contributed by atoms with Gasteiger partial charge in [-0.1, -0.05) is 30.7 Å². The second kappa shape index (κ2) is 4.52. The van der Waals surface area contributed by atoms with E-state index in [1.54, 1.807) is 6.07 Å². The monoisotopic (exact) mass is 271 g/mol. The van der Waals surface area contributed by atoms with E-state index in [2.05, 4.69) is 0 Å². The maximum absolute atomic E-state index is 13.5. The Morgan fingerprint density at radius 2 is 2.17 bits per heavy atom. The van der Waals surface area contributed by atoms with Crippen LogP contribution in [0.2, 0.25) is 5.02 Å². The highest BCUT2D eigenvalue weighted by atomic mass is 35.5. The van der Waals surface area contributed by atoms with Crippen molar-refractivity contribution >= 4 is 17.6 Å². The van der Waals surface area contributed by atoms with Crippen molar-refractivity contribution in [3.05, 3.63) is 34.6 Å². The van der Waals surface area contributed by atoms with Crippen LogP contribution in [0.15, 0.2) is 18.2 Å². The molecule has 1 aromatic carbocycles. The van der Waals surface area contributed by atoms with Crippen LogP contribution in [0.25, 0.3) is 0 Å². The lowest BCUT2D eigenvalue weighted by Crippen LogP contribution is -2.40. The fourth-order valence-electron chi connectivity index (χ4n) is 2.41. The molecule has 98 valence electrons. The summed E-state index contributed by atoms with van der Waals surface area (Å²) in [4.78, 5) is 11.1. The third-order valence-electron chi connectivity index (χ3n) is 3.75. The van der Waals surface area contributed by atoms with Gasteiger partial charge in [-0.3, -0.25) is 4.79 Å². The minimum absolute atomic E-state index is 0.0210. The van der Waals surface area contributed by atoms with Crippen molar-refractivity contribution in [1.82, 2.24) is 0 Å². The van der Waals surface area contributed by atoms with Crippen LogP contribution in [0, 0.1) is 11.2 Å². The van der Waals surface area contributed by atoms with Gasteiger partial charge in [0.2, 0.25) is 0 Å². The smallest absolute Gasteiger partial charge is 0.321 e. The molecular formula is C13H15ClFNO2. The predicted octanol–water partition coefficient (Wildman–Crippen LogP) is 2.77. The van der Waals surface area contributed by atoms with Gasteiger partial charge in [0.1, 0.15) is 11.9 Å². The molecule has 0 saturated heterocycles. The van der Waals surface area contributed by atoms with Crippen molar-refractivity contribution in [1.29, 1.82) is 0 Å². The Hall–Kier alpha value is -1.13. The Morgan fingerprint density at radius 1 is 1.56 bits per heavy atom. The van der Waals surface area contributed by atoms with Gasteiger partial charge in [0.05, 0.1) is 5.02 Å². The number of carboxylic acid groups (broad SMARTS) is 1. The molecule has 3 N–H and O–H groups in total. The summed E-state index contributed by atoms with van der Waals surface area (Å²) in [5.41, 5.74) is 6.05. The second-order valence-electron chi connectivity index (χ2n) is 5.14. The first-order valence-corrected chi connectivity index (χ1v) is 6.17. The van der Waals surface area contributed by atoms with Crippen molar-refractivity contribution in [2.45, 2.75) is 31.7 Å². The van der Waals surface area contributed by atoms with Gasteiger partial charge in [-0.2, -0.15) is 0 Å². The molecule has 0 bridgehead atoms. The highest BCUT2D eigenvalue weighted by molar-refractivity contribution is 6.31. The van der Waals surface area contributed by atoms with Crippen molar-refractivity contribution in [2.24, 2.45) is 11.1 Å². The van der Waals surface area contributed by atoms with E-state index in [1.807, 2.05) is 6.92 Å². The molecule has 0 unspecified atom stereocenters. The molecule has 1 aliphatic rings. The van der Waals surface area contributed by atoms with Crippen LogP contribution in [-0.4, -0.2) is 17.1 Å². The molecule has 2 atom stereocenters. The van der Waals surface area contributed by atoms with Gasteiger partial charge in [0.15, 0.2) is 0 Å². The minimum Gasteiger partial charge on any atom is -0.480 e. The number of hydrogen-bond donors (Lipinski definition) is 2. The summed E-state index contributed by atoms with van der Waals surface area (Å²) in [5.74, 6) is -2.09. The van der Waals surface area contributed by atoms with Gasteiger partial charge in [0, 0.05) is 5.92 Å². The zero-order valence-corrected chi connectivity index (χ0v) is 10.7. The van der Waals surface area contributed by atoms with Crippen molar-refractivity contribution in [2.75, 3.05) is 0 Å². The zero-order valence-electron chi connectivity index (χ0n) is 9.99. The second-order valence-corrected chi connectivity index (χ2v) is 5.52. The van der Waals surface area contributed by atoms with Crippen LogP contribution >= 0.6 is 11.6 Å². The quantitative estimate of drug-likeness (QED) is 0.885. The SMILES string of the molecule is CC1([C@@H](c2cccc(F)c2Cl)[C@H](N)C(=O)O)CC1. The third-order valence-corrected chi connectivity index (χ3v) is 4.15. The van der Waals surface area contributed by atoms with E-state index in [-0.39, 0.29) is 10.4 Å². The van der Waals surface area contributed by atoms with Crippen LogP contribution in [0.3, 0.4) is 0 Å². The lowest BCUT2D eigenvalue weighted by atomic mass is 9.79. The average Bonchev–Trinajstić information content (AvgIpc) is 3.03.